The van der Waals surface area contributed by atoms with Crippen LogP contribution in [0.4, 0.5) is 5.95 Å². The van der Waals surface area contributed by atoms with Crippen LogP contribution in [0.3, 0.4) is 0 Å². The van der Waals surface area contributed by atoms with Gasteiger partial charge in [0.2, 0.25) is 5.95 Å². The third-order valence-corrected chi connectivity index (χ3v) is 3.76. The van der Waals surface area contributed by atoms with Crippen LogP contribution in [0.1, 0.15) is 11.4 Å². The lowest BCUT2D eigenvalue weighted by Gasteiger charge is -2.09. The zero-order valence-corrected chi connectivity index (χ0v) is 13.2. The van der Waals surface area contributed by atoms with Gasteiger partial charge in [-0.3, -0.25) is 0 Å². The van der Waals surface area contributed by atoms with Gasteiger partial charge in [-0.25, -0.2) is 9.97 Å². The van der Waals surface area contributed by atoms with Crippen molar-refractivity contribution in [3.63, 3.8) is 0 Å². The minimum atomic E-state index is 0.532. The van der Waals surface area contributed by atoms with E-state index in [0.717, 1.165) is 10.4 Å². The van der Waals surface area contributed by atoms with Gasteiger partial charge in [-0.1, -0.05) is 11.2 Å². The smallest absolute Gasteiger partial charge is 0.268 e. The van der Waals surface area contributed by atoms with Gasteiger partial charge in [0.15, 0.2) is 5.82 Å². The predicted molar refractivity (Wildman–Crippen MR) is 84.5 cm³/mol. The number of nitrogens with zero attached hydrogens (tertiary/aromatic N) is 5. The van der Waals surface area contributed by atoms with E-state index in [1.165, 1.54) is 0 Å². The highest BCUT2D eigenvalue weighted by atomic mass is 32.1. The summed E-state index contributed by atoms with van der Waals surface area (Å²) in [5, 5.41) is 9.19. The summed E-state index contributed by atoms with van der Waals surface area (Å²) in [7, 11) is 3.82. The Hall–Kier alpha value is -2.32. The second-order valence-corrected chi connectivity index (χ2v) is 5.83. The summed E-state index contributed by atoms with van der Waals surface area (Å²) in [6, 6.07) is 3.92. The molecule has 0 aliphatic heterocycles. The van der Waals surface area contributed by atoms with Crippen LogP contribution < -0.4 is 10.2 Å². The van der Waals surface area contributed by atoms with E-state index in [-0.39, 0.29) is 0 Å². The van der Waals surface area contributed by atoms with Crippen molar-refractivity contribution in [1.82, 2.24) is 25.4 Å². The highest BCUT2D eigenvalue weighted by molar-refractivity contribution is 7.13. The van der Waals surface area contributed by atoms with Crippen molar-refractivity contribution in [2.45, 2.75) is 13.1 Å². The molecule has 0 bridgehead atoms. The fourth-order valence-electron chi connectivity index (χ4n) is 1.81. The van der Waals surface area contributed by atoms with Crippen LogP contribution in [-0.4, -0.2) is 34.2 Å². The molecule has 114 valence electrons. The molecule has 0 unspecified atom stereocenters. The largest absolute Gasteiger partial charge is 0.347 e. The minimum absolute atomic E-state index is 0.532. The van der Waals surface area contributed by atoms with E-state index >= 15 is 0 Å². The fraction of sp³-hybridized carbons (Fsp3) is 0.286. The van der Waals surface area contributed by atoms with Crippen molar-refractivity contribution in [3.8, 4) is 10.8 Å². The molecular formula is C14H16N6OS. The van der Waals surface area contributed by atoms with Crippen LogP contribution in [-0.2, 0) is 13.1 Å². The second-order valence-electron chi connectivity index (χ2n) is 4.88. The maximum atomic E-state index is 5.23. The van der Waals surface area contributed by atoms with Crippen LogP contribution in [0.5, 0.6) is 0 Å². The van der Waals surface area contributed by atoms with Crippen molar-refractivity contribution in [3.05, 3.63) is 41.3 Å². The van der Waals surface area contributed by atoms with Crippen molar-refractivity contribution in [2.24, 2.45) is 0 Å². The molecule has 0 saturated carbocycles. The molecule has 0 spiro atoms. The SMILES string of the molecule is CN(C)c1ncc(CNCc2noc(-c3cccs3)n2)cn1. The molecule has 1 N–H and O–H groups in total. The Morgan fingerprint density at radius 1 is 1.23 bits per heavy atom. The quantitative estimate of drug-likeness (QED) is 0.744. The first kappa shape index (κ1) is 14.6. The lowest BCUT2D eigenvalue weighted by Crippen LogP contribution is -2.16. The first-order chi connectivity index (χ1) is 10.7. The molecule has 3 aromatic rings. The molecule has 0 aromatic carbocycles. The summed E-state index contributed by atoms with van der Waals surface area (Å²) in [6.07, 6.45) is 3.62. The Morgan fingerprint density at radius 3 is 2.73 bits per heavy atom. The minimum Gasteiger partial charge on any atom is -0.347 e. The van der Waals surface area contributed by atoms with Crippen LogP contribution in [0.15, 0.2) is 34.4 Å². The van der Waals surface area contributed by atoms with E-state index in [0.29, 0.717) is 30.8 Å². The third kappa shape index (κ3) is 3.46. The Morgan fingerprint density at radius 2 is 2.05 bits per heavy atom. The first-order valence-corrected chi connectivity index (χ1v) is 7.66. The highest BCUT2D eigenvalue weighted by Gasteiger charge is 2.09. The van der Waals surface area contributed by atoms with Crippen LogP contribution >= 0.6 is 11.3 Å². The number of rotatable bonds is 6. The number of nitrogens with one attached hydrogen (secondary N) is 1. The molecule has 0 aliphatic carbocycles. The molecule has 0 radical (unpaired) electrons. The zero-order chi connectivity index (χ0) is 15.4. The first-order valence-electron chi connectivity index (χ1n) is 6.78. The Kier molecular flexibility index (Phi) is 4.40. The van der Waals surface area contributed by atoms with E-state index in [1.54, 1.807) is 11.3 Å². The molecule has 3 aromatic heterocycles. The molecule has 8 heteroatoms. The van der Waals surface area contributed by atoms with Crippen molar-refractivity contribution in [2.75, 3.05) is 19.0 Å². The second kappa shape index (κ2) is 6.63. The third-order valence-electron chi connectivity index (χ3n) is 2.90. The van der Waals surface area contributed by atoms with Gasteiger partial charge in [0.05, 0.1) is 11.4 Å². The fourth-order valence-corrected chi connectivity index (χ4v) is 2.46. The van der Waals surface area contributed by atoms with Gasteiger partial charge >= 0.3 is 0 Å². The van der Waals surface area contributed by atoms with Gasteiger partial charge in [0.25, 0.3) is 5.89 Å². The topological polar surface area (TPSA) is 80.0 Å². The molecular weight excluding hydrogens is 300 g/mol. The van der Waals surface area contributed by atoms with E-state index in [4.69, 9.17) is 4.52 Å². The van der Waals surface area contributed by atoms with E-state index in [9.17, 15) is 0 Å². The number of hydrogen-bond acceptors (Lipinski definition) is 8. The molecule has 3 heterocycles. The molecule has 22 heavy (non-hydrogen) atoms. The zero-order valence-electron chi connectivity index (χ0n) is 12.4. The van der Waals surface area contributed by atoms with Gasteiger partial charge in [0, 0.05) is 38.6 Å². The Bertz CT molecular complexity index is 707. The van der Waals surface area contributed by atoms with Gasteiger partial charge in [-0.15, -0.1) is 11.3 Å². The summed E-state index contributed by atoms with van der Waals surface area (Å²) < 4.78 is 5.23. The summed E-state index contributed by atoms with van der Waals surface area (Å²) in [5.74, 6) is 1.89. The standard InChI is InChI=1S/C14H16N6OS/c1-20(2)14-16-7-10(8-17-14)6-15-9-12-18-13(21-19-12)11-4-3-5-22-11/h3-5,7-8,15H,6,9H2,1-2H3. The van der Waals surface area contributed by atoms with Crippen molar-refractivity contribution in [1.29, 1.82) is 0 Å². The average molecular weight is 316 g/mol. The summed E-state index contributed by atoms with van der Waals surface area (Å²) in [5.41, 5.74) is 1.01. The Balaban J connectivity index is 1.53. The monoisotopic (exact) mass is 316 g/mol. The molecule has 0 fully saturated rings. The number of thiophene rings is 1. The number of anilines is 1. The number of hydrogen-bond donors (Lipinski definition) is 1. The van der Waals surface area contributed by atoms with Crippen LogP contribution in [0.2, 0.25) is 0 Å². The molecule has 0 aliphatic rings. The van der Waals surface area contributed by atoms with Gasteiger partial charge in [0.1, 0.15) is 0 Å². The van der Waals surface area contributed by atoms with Crippen LogP contribution in [0, 0.1) is 0 Å². The number of aromatic nitrogens is 4. The Labute approximate surface area is 132 Å². The molecule has 0 amide bonds. The lowest BCUT2D eigenvalue weighted by atomic mass is 10.3. The van der Waals surface area contributed by atoms with Gasteiger partial charge < -0.3 is 14.7 Å². The average Bonchev–Trinajstić information content (AvgIpc) is 3.19. The predicted octanol–water partition coefficient (Wildman–Crippen LogP) is 1.94. The van der Waals surface area contributed by atoms with Crippen LogP contribution in [0.25, 0.3) is 10.8 Å². The summed E-state index contributed by atoms with van der Waals surface area (Å²) in [6.45, 7) is 1.18. The molecule has 3 rings (SSSR count). The summed E-state index contributed by atoms with van der Waals surface area (Å²) in [4.78, 5) is 15.7. The lowest BCUT2D eigenvalue weighted by molar-refractivity contribution is 0.420. The summed E-state index contributed by atoms with van der Waals surface area (Å²) >= 11 is 1.58. The van der Waals surface area contributed by atoms with Gasteiger partial charge in [-0.2, -0.15) is 4.98 Å². The molecule has 0 atom stereocenters. The van der Waals surface area contributed by atoms with Crippen molar-refractivity contribution >= 4 is 17.3 Å². The molecule has 7 nitrogen and oxygen atoms in total. The van der Waals surface area contributed by atoms with E-state index in [1.807, 2.05) is 48.9 Å². The highest BCUT2D eigenvalue weighted by Crippen LogP contribution is 2.22. The van der Waals surface area contributed by atoms with E-state index < -0.39 is 0 Å². The van der Waals surface area contributed by atoms with Gasteiger partial charge in [-0.05, 0) is 11.4 Å². The molecule has 0 saturated heterocycles. The van der Waals surface area contributed by atoms with E-state index in [2.05, 4.69) is 25.4 Å². The maximum Gasteiger partial charge on any atom is 0.268 e. The normalized spacial score (nSPS) is 10.8. The maximum absolute atomic E-state index is 5.23. The van der Waals surface area contributed by atoms with Crippen molar-refractivity contribution < 1.29 is 4.52 Å².